The van der Waals surface area contributed by atoms with E-state index in [4.69, 9.17) is 10.5 Å². The highest BCUT2D eigenvalue weighted by atomic mass is 32.2. The summed E-state index contributed by atoms with van der Waals surface area (Å²) < 4.78 is 85.7. The van der Waals surface area contributed by atoms with Crippen LogP contribution >= 0.6 is 0 Å². The first-order valence-electron chi connectivity index (χ1n) is 12.5. The Labute approximate surface area is 230 Å². The molecule has 2 aromatic heterocycles. The predicted molar refractivity (Wildman–Crippen MR) is 144 cm³/mol. The Morgan fingerprint density at radius 2 is 2.05 bits per heavy atom. The van der Waals surface area contributed by atoms with Crippen LogP contribution in [0.3, 0.4) is 0 Å². The highest BCUT2D eigenvalue weighted by molar-refractivity contribution is 7.90. The van der Waals surface area contributed by atoms with Crippen LogP contribution in [-0.4, -0.2) is 75.1 Å². The minimum absolute atomic E-state index is 0.0133. The first kappa shape index (κ1) is 29.6. The molecular weight excluding hydrogens is 550 g/mol. The number of piperidine rings is 1. The van der Waals surface area contributed by atoms with Crippen molar-refractivity contribution in [3.05, 3.63) is 53.5 Å². The Morgan fingerprint density at radius 1 is 1.30 bits per heavy atom. The number of halogens is 4. The third-order valence-electron chi connectivity index (χ3n) is 6.94. The number of methoxy groups -OCH3 is 1. The number of nitrogens with one attached hydrogen (secondary N) is 1. The second kappa shape index (κ2) is 11.6. The van der Waals surface area contributed by atoms with E-state index in [1.165, 1.54) is 35.9 Å². The normalized spacial score (nSPS) is 19.2. The molecule has 0 unspecified atom stereocenters. The smallest absolute Gasteiger partial charge is 0.394 e. The Kier molecular flexibility index (Phi) is 8.63. The number of benzene rings is 1. The van der Waals surface area contributed by atoms with E-state index in [2.05, 4.69) is 22.1 Å². The van der Waals surface area contributed by atoms with Crippen molar-refractivity contribution in [2.75, 3.05) is 45.4 Å². The summed E-state index contributed by atoms with van der Waals surface area (Å²) in [4.78, 5) is 6.38. The van der Waals surface area contributed by atoms with E-state index < -0.39 is 40.6 Å². The molecule has 3 N–H and O–H groups in total. The van der Waals surface area contributed by atoms with Crippen LogP contribution in [0.15, 0.2) is 41.4 Å². The summed E-state index contributed by atoms with van der Waals surface area (Å²) in [5.41, 5.74) is 7.42. The number of nitrogens with zero attached hydrogens (tertiary/aromatic N) is 3. The molecule has 1 fully saturated rings. The van der Waals surface area contributed by atoms with Crippen LogP contribution in [0.1, 0.15) is 29.4 Å². The van der Waals surface area contributed by atoms with Gasteiger partial charge in [-0.15, -0.1) is 0 Å². The fraction of sp³-hybridized carbons (Fsp3) is 0.444. The number of hydrogen-bond donors (Lipinski definition) is 2. The number of nitrogens with two attached hydrogens (primary N) is 1. The molecule has 0 radical (unpaired) electrons. The number of sulfone groups is 1. The molecule has 1 aliphatic rings. The molecular formula is C27H31F4N5O3S. The summed E-state index contributed by atoms with van der Waals surface area (Å²) in [5.74, 6) is 5.29. The van der Waals surface area contributed by atoms with Crippen LogP contribution in [0.5, 0.6) is 5.75 Å². The van der Waals surface area contributed by atoms with Crippen LogP contribution in [0.25, 0.3) is 5.65 Å². The maximum absolute atomic E-state index is 14.9. The topological polar surface area (TPSA) is 102 Å². The van der Waals surface area contributed by atoms with Gasteiger partial charge in [-0.25, -0.2) is 17.8 Å². The monoisotopic (exact) mass is 581 g/mol. The van der Waals surface area contributed by atoms with Crippen LogP contribution in [0.2, 0.25) is 0 Å². The van der Waals surface area contributed by atoms with Crippen molar-refractivity contribution in [3.63, 3.8) is 0 Å². The van der Waals surface area contributed by atoms with E-state index in [9.17, 15) is 26.0 Å². The first-order chi connectivity index (χ1) is 18.8. The van der Waals surface area contributed by atoms with Gasteiger partial charge in [0, 0.05) is 42.6 Å². The fourth-order valence-corrected chi connectivity index (χ4v) is 5.52. The number of imidazole rings is 1. The third kappa shape index (κ3) is 6.68. The molecule has 0 aliphatic carbocycles. The predicted octanol–water partition coefficient (Wildman–Crippen LogP) is 3.60. The van der Waals surface area contributed by atoms with Crippen LogP contribution in [0.4, 0.5) is 23.2 Å². The number of pyridine rings is 1. The zero-order valence-corrected chi connectivity index (χ0v) is 23.1. The largest absolute Gasteiger partial charge is 0.495 e. The molecule has 40 heavy (non-hydrogen) atoms. The van der Waals surface area contributed by atoms with Crippen molar-refractivity contribution in [1.82, 2.24) is 14.3 Å². The molecule has 216 valence electrons. The lowest BCUT2D eigenvalue weighted by molar-refractivity contribution is -0.128. The standard InChI is InChI=1S/C27H31F4N5O3S/c1-35-13-10-18(20(28)16-35)25(32)19-6-5-12-36-23(15-27(29,30)31)21(34-26(19)36)7-4-11-33-22-9-8-17(40(3,37)38)14-24(22)39-2/h5-6,8-9,12,14,18,20,25,33H,10-11,13,15-16,32H2,1-3H3/t18-,20-,25-/m0/s1. The minimum Gasteiger partial charge on any atom is -0.495 e. The van der Waals surface area contributed by atoms with E-state index in [0.29, 0.717) is 24.2 Å². The van der Waals surface area contributed by atoms with Gasteiger partial charge in [-0.3, -0.25) is 0 Å². The molecule has 1 aromatic carbocycles. The van der Waals surface area contributed by atoms with E-state index in [1.54, 1.807) is 12.1 Å². The van der Waals surface area contributed by atoms with Gasteiger partial charge in [-0.1, -0.05) is 12.0 Å². The lowest BCUT2D eigenvalue weighted by Gasteiger charge is -2.35. The molecule has 8 nitrogen and oxygen atoms in total. The molecule has 3 heterocycles. The van der Waals surface area contributed by atoms with Gasteiger partial charge in [0.25, 0.3) is 0 Å². The molecule has 1 saturated heterocycles. The van der Waals surface area contributed by atoms with Crippen molar-refractivity contribution in [2.45, 2.75) is 36.1 Å². The number of anilines is 1. The zero-order valence-electron chi connectivity index (χ0n) is 22.3. The Morgan fingerprint density at radius 3 is 2.70 bits per heavy atom. The van der Waals surface area contributed by atoms with Crippen molar-refractivity contribution >= 4 is 21.2 Å². The maximum atomic E-state index is 14.9. The quantitative estimate of drug-likeness (QED) is 0.325. The van der Waals surface area contributed by atoms with Gasteiger partial charge in [-0.2, -0.15) is 13.2 Å². The lowest BCUT2D eigenvalue weighted by atomic mass is 9.85. The number of ether oxygens (including phenoxy) is 1. The second-order valence-corrected chi connectivity index (χ2v) is 11.9. The number of alkyl halides is 4. The van der Waals surface area contributed by atoms with E-state index in [0.717, 1.165) is 6.26 Å². The van der Waals surface area contributed by atoms with E-state index >= 15 is 0 Å². The van der Waals surface area contributed by atoms with Crippen LogP contribution < -0.4 is 15.8 Å². The van der Waals surface area contributed by atoms with Gasteiger partial charge < -0.3 is 25.1 Å². The number of fused-ring (bicyclic) bond motifs is 1. The van der Waals surface area contributed by atoms with Crippen molar-refractivity contribution < 1.29 is 30.7 Å². The van der Waals surface area contributed by atoms with Crippen LogP contribution in [0, 0.1) is 17.8 Å². The molecule has 13 heteroatoms. The summed E-state index contributed by atoms with van der Waals surface area (Å²) in [6, 6.07) is 6.79. The molecule has 0 saturated carbocycles. The zero-order chi connectivity index (χ0) is 29.2. The molecule has 3 atom stereocenters. The Balaban J connectivity index is 1.64. The highest BCUT2D eigenvalue weighted by Gasteiger charge is 2.35. The minimum atomic E-state index is -4.52. The first-order valence-corrected chi connectivity index (χ1v) is 14.4. The van der Waals surface area contributed by atoms with E-state index in [1.807, 2.05) is 11.9 Å². The van der Waals surface area contributed by atoms with Gasteiger partial charge in [0.2, 0.25) is 0 Å². The SMILES string of the molecule is COc1cc(S(C)(=O)=O)ccc1NCC#Cc1nc2c([C@@H](N)[C@H]3CCN(C)C[C@@H]3F)cccn2c1CC(F)(F)F. The number of aromatic nitrogens is 2. The van der Waals surface area contributed by atoms with Gasteiger partial charge in [0.15, 0.2) is 9.84 Å². The van der Waals surface area contributed by atoms with Gasteiger partial charge >= 0.3 is 6.18 Å². The second-order valence-electron chi connectivity index (χ2n) is 9.90. The van der Waals surface area contributed by atoms with Crippen molar-refractivity contribution in [2.24, 2.45) is 11.7 Å². The van der Waals surface area contributed by atoms with Gasteiger partial charge in [0.05, 0.1) is 36.4 Å². The van der Waals surface area contributed by atoms with Gasteiger partial charge in [0.1, 0.15) is 23.3 Å². The number of rotatable bonds is 7. The Bertz CT molecular complexity index is 1550. The maximum Gasteiger partial charge on any atom is 0.394 e. The fourth-order valence-electron chi connectivity index (χ4n) is 4.88. The lowest BCUT2D eigenvalue weighted by Crippen LogP contribution is -2.43. The summed E-state index contributed by atoms with van der Waals surface area (Å²) in [5, 5.41) is 2.98. The summed E-state index contributed by atoms with van der Waals surface area (Å²) in [6.45, 7) is 0.918. The highest BCUT2D eigenvalue weighted by Crippen LogP contribution is 2.34. The molecule has 0 bridgehead atoms. The molecule has 3 aromatic rings. The average molecular weight is 582 g/mol. The average Bonchev–Trinajstić information content (AvgIpc) is 3.21. The Hall–Kier alpha value is -3.34. The summed E-state index contributed by atoms with van der Waals surface area (Å²) in [6.07, 6.45) is -3.88. The van der Waals surface area contributed by atoms with Crippen molar-refractivity contribution in [3.8, 4) is 17.6 Å². The number of hydrogen-bond acceptors (Lipinski definition) is 7. The molecule has 4 rings (SSSR count). The molecule has 0 amide bonds. The summed E-state index contributed by atoms with van der Waals surface area (Å²) in [7, 11) is -0.226. The van der Waals surface area contributed by atoms with Crippen LogP contribution in [-0.2, 0) is 16.3 Å². The van der Waals surface area contributed by atoms with E-state index in [-0.39, 0.29) is 40.8 Å². The van der Waals surface area contributed by atoms with Crippen molar-refractivity contribution in [1.29, 1.82) is 0 Å². The molecule has 0 spiro atoms. The van der Waals surface area contributed by atoms with Gasteiger partial charge in [-0.05, 0) is 44.1 Å². The third-order valence-corrected chi connectivity index (χ3v) is 8.05. The number of likely N-dealkylation sites (tertiary alicyclic amines) is 1. The molecule has 1 aliphatic heterocycles. The summed E-state index contributed by atoms with van der Waals surface area (Å²) >= 11 is 0.